The normalized spacial score (nSPS) is 26.3. The van der Waals surface area contributed by atoms with E-state index in [0.29, 0.717) is 6.04 Å². The van der Waals surface area contributed by atoms with E-state index in [2.05, 4.69) is 24.3 Å². The van der Waals surface area contributed by atoms with Gasteiger partial charge in [-0.25, -0.2) is 0 Å². The summed E-state index contributed by atoms with van der Waals surface area (Å²) in [7, 11) is 1.98. The fourth-order valence-electron chi connectivity index (χ4n) is 2.21. The van der Waals surface area contributed by atoms with Crippen LogP contribution in [0.5, 0.6) is 0 Å². The summed E-state index contributed by atoms with van der Waals surface area (Å²) in [6.45, 7) is 4.61. The lowest BCUT2D eigenvalue weighted by Gasteiger charge is -2.40. The van der Waals surface area contributed by atoms with Gasteiger partial charge in [0.2, 0.25) is 0 Å². The molecule has 3 heteroatoms. The average molecular weight is 193 g/mol. The van der Waals surface area contributed by atoms with Gasteiger partial charge in [0, 0.05) is 19.2 Å². The van der Waals surface area contributed by atoms with E-state index in [1.54, 1.807) is 0 Å². The Morgan fingerprint density at radius 3 is 2.71 bits per heavy atom. The Hall–Kier alpha value is -0.990. The molecule has 1 aromatic rings. The number of aromatic nitrogens is 2. The second-order valence-corrected chi connectivity index (χ2v) is 4.58. The van der Waals surface area contributed by atoms with Crippen molar-refractivity contribution < 1.29 is 0 Å². The molecule has 0 spiro atoms. The molecule has 1 N–H and O–H groups in total. The molecule has 2 rings (SSSR count). The van der Waals surface area contributed by atoms with Gasteiger partial charge in [0.25, 0.3) is 0 Å². The molecule has 1 fully saturated rings. The van der Waals surface area contributed by atoms with Crippen molar-refractivity contribution in [3.63, 3.8) is 0 Å². The molecule has 0 bridgehead atoms. The van der Waals surface area contributed by atoms with Gasteiger partial charge in [-0.2, -0.15) is 5.10 Å². The molecule has 0 aromatic carbocycles. The molecular weight excluding hydrogens is 174 g/mol. The van der Waals surface area contributed by atoms with Gasteiger partial charge < -0.3 is 5.32 Å². The van der Waals surface area contributed by atoms with Crippen molar-refractivity contribution in [3.8, 4) is 0 Å². The molecule has 1 aromatic heterocycles. The second kappa shape index (κ2) is 3.64. The van der Waals surface area contributed by atoms with E-state index >= 15 is 0 Å². The maximum atomic E-state index is 4.15. The third-order valence-corrected chi connectivity index (χ3v) is 3.34. The monoisotopic (exact) mass is 193 g/mol. The zero-order chi connectivity index (χ0) is 10.1. The SMILES string of the molecule is CC(C)C1CCC1Nc1ccnn1C. The predicted molar refractivity (Wildman–Crippen MR) is 58.2 cm³/mol. The van der Waals surface area contributed by atoms with Crippen LogP contribution < -0.4 is 5.32 Å². The Kier molecular flexibility index (Phi) is 2.48. The van der Waals surface area contributed by atoms with Crippen LogP contribution in [-0.4, -0.2) is 15.8 Å². The number of hydrogen-bond donors (Lipinski definition) is 1. The zero-order valence-electron chi connectivity index (χ0n) is 9.20. The number of nitrogens with one attached hydrogen (secondary N) is 1. The van der Waals surface area contributed by atoms with Crippen LogP contribution in [0.25, 0.3) is 0 Å². The van der Waals surface area contributed by atoms with Gasteiger partial charge in [-0.3, -0.25) is 4.68 Å². The van der Waals surface area contributed by atoms with Crippen LogP contribution >= 0.6 is 0 Å². The molecule has 1 aliphatic carbocycles. The minimum Gasteiger partial charge on any atom is -0.367 e. The standard InChI is InChI=1S/C11H19N3/c1-8(2)9-4-5-10(9)13-11-6-7-12-14(11)3/h6-10,13H,4-5H2,1-3H3. The smallest absolute Gasteiger partial charge is 0.124 e. The highest BCUT2D eigenvalue weighted by atomic mass is 15.3. The lowest BCUT2D eigenvalue weighted by atomic mass is 9.73. The Morgan fingerprint density at radius 2 is 2.29 bits per heavy atom. The van der Waals surface area contributed by atoms with Crippen molar-refractivity contribution in [2.24, 2.45) is 18.9 Å². The first-order valence-corrected chi connectivity index (χ1v) is 5.43. The zero-order valence-corrected chi connectivity index (χ0v) is 9.20. The van der Waals surface area contributed by atoms with Crippen molar-refractivity contribution in [3.05, 3.63) is 12.3 Å². The molecule has 78 valence electrons. The molecule has 0 radical (unpaired) electrons. The number of rotatable bonds is 3. The van der Waals surface area contributed by atoms with Gasteiger partial charge in [0.05, 0.1) is 6.20 Å². The van der Waals surface area contributed by atoms with Crippen molar-refractivity contribution >= 4 is 5.82 Å². The summed E-state index contributed by atoms with van der Waals surface area (Å²) in [6.07, 6.45) is 4.51. The van der Waals surface area contributed by atoms with Crippen molar-refractivity contribution in [2.75, 3.05) is 5.32 Å². The third kappa shape index (κ3) is 1.63. The lowest BCUT2D eigenvalue weighted by molar-refractivity contribution is 0.205. The molecule has 0 amide bonds. The van der Waals surface area contributed by atoms with E-state index in [4.69, 9.17) is 0 Å². The second-order valence-electron chi connectivity index (χ2n) is 4.58. The number of hydrogen-bond acceptors (Lipinski definition) is 2. The van der Waals surface area contributed by atoms with Crippen LogP contribution in [0.15, 0.2) is 12.3 Å². The van der Waals surface area contributed by atoms with E-state index in [0.717, 1.165) is 17.7 Å². The Balaban J connectivity index is 1.96. The summed E-state index contributed by atoms with van der Waals surface area (Å²) >= 11 is 0. The Morgan fingerprint density at radius 1 is 1.50 bits per heavy atom. The van der Waals surface area contributed by atoms with E-state index < -0.39 is 0 Å². The molecule has 3 nitrogen and oxygen atoms in total. The van der Waals surface area contributed by atoms with Crippen molar-refractivity contribution in [1.29, 1.82) is 0 Å². The Bertz CT molecular complexity index is 303. The molecule has 2 unspecified atom stereocenters. The average Bonchev–Trinajstić information content (AvgIpc) is 2.44. The van der Waals surface area contributed by atoms with E-state index in [9.17, 15) is 0 Å². The maximum Gasteiger partial charge on any atom is 0.124 e. The molecule has 1 saturated carbocycles. The summed E-state index contributed by atoms with van der Waals surface area (Å²) < 4.78 is 1.90. The van der Waals surface area contributed by atoms with Crippen molar-refractivity contribution in [1.82, 2.24) is 9.78 Å². The van der Waals surface area contributed by atoms with Crippen molar-refractivity contribution in [2.45, 2.75) is 32.7 Å². The molecular formula is C11H19N3. The largest absolute Gasteiger partial charge is 0.367 e. The number of nitrogens with zero attached hydrogens (tertiary/aromatic N) is 2. The molecule has 1 aliphatic rings. The predicted octanol–water partition coefficient (Wildman–Crippen LogP) is 2.27. The van der Waals surface area contributed by atoms with Crippen LogP contribution in [0, 0.1) is 11.8 Å². The van der Waals surface area contributed by atoms with Gasteiger partial charge in [-0.1, -0.05) is 13.8 Å². The highest BCUT2D eigenvalue weighted by molar-refractivity contribution is 5.35. The summed E-state index contributed by atoms with van der Waals surface area (Å²) in [5.74, 6) is 2.76. The summed E-state index contributed by atoms with van der Waals surface area (Å²) in [5.41, 5.74) is 0. The molecule has 1 heterocycles. The van der Waals surface area contributed by atoms with E-state index in [1.807, 2.05) is 24.0 Å². The third-order valence-electron chi connectivity index (χ3n) is 3.34. The van der Waals surface area contributed by atoms with Gasteiger partial charge in [0.15, 0.2) is 0 Å². The fraction of sp³-hybridized carbons (Fsp3) is 0.727. The van der Waals surface area contributed by atoms with Gasteiger partial charge >= 0.3 is 0 Å². The van der Waals surface area contributed by atoms with Gasteiger partial charge in [-0.15, -0.1) is 0 Å². The summed E-state index contributed by atoms with van der Waals surface area (Å²) in [4.78, 5) is 0. The topological polar surface area (TPSA) is 29.9 Å². The first kappa shape index (κ1) is 9.56. The lowest BCUT2D eigenvalue weighted by Crippen LogP contribution is -2.41. The van der Waals surface area contributed by atoms with Crippen LogP contribution in [0.4, 0.5) is 5.82 Å². The van der Waals surface area contributed by atoms with Gasteiger partial charge in [-0.05, 0) is 24.7 Å². The fourth-order valence-corrected chi connectivity index (χ4v) is 2.21. The van der Waals surface area contributed by atoms with Crippen LogP contribution in [0.1, 0.15) is 26.7 Å². The Labute approximate surface area is 85.5 Å². The number of aryl methyl sites for hydroxylation is 1. The highest BCUT2D eigenvalue weighted by Crippen LogP contribution is 2.35. The molecule has 0 aliphatic heterocycles. The number of anilines is 1. The summed E-state index contributed by atoms with van der Waals surface area (Å²) in [5, 5.41) is 7.71. The quantitative estimate of drug-likeness (QED) is 0.798. The van der Waals surface area contributed by atoms with Gasteiger partial charge in [0.1, 0.15) is 5.82 Å². The first-order valence-electron chi connectivity index (χ1n) is 5.43. The summed E-state index contributed by atoms with van der Waals surface area (Å²) in [6, 6.07) is 2.70. The van der Waals surface area contributed by atoms with Crippen LogP contribution in [-0.2, 0) is 7.05 Å². The first-order chi connectivity index (χ1) is 6.68. The van der Waals surface area contributed by atoms with Crippen LogP contribution in [0.3, 0.4) is 0 Å². The highest BCUT2D eigenvalue weighted by Gasteiger charge is 2.33. The minimum atomic E-state index is 0.658. The molecule has 0 saturated heterocycles. The van der Waals surface area contributed by atoms with E-state index in [1.165, 1.54) is 12.8 Å². The van der Waals surface area contributed by atoms with E-state index in [-0.39, 0.29) is 0 Å². The molecule has 2 atom stereocenters. The maximum absolute atomic E-state index is 4.15. The minimum absolute atomic E-state index is 0.658. The molecule has 14 heavy (non-hydrogen) atoms. The van der Waals surface area contributed by atoms with Crippen LogP contribution in [0.2, 0.25) is 0 Å².